The maximum atomic E-state index is 13.3. The Bertz CT molecular complexity index is 845. The molecule has 0 radical (unpaired) electrons. The Labute approximate surface area is 163 Å². The molecule has 136 valence electrons. The predicted octanol–water partition coefficient (Wildman–Crippen LogP) is 4.79. The van der Waals surface area contributed by atoms with Crippen molar-refractivity contribution in [2.24, 2.45) is 0 Å². The minimum atomic E-state index is -0.451. The fraction of sp³-hybridized carbons (Fsp3) is 0.263. The Hall–Kier alpha value is -1.86. The molecule has 2 aromatic carbocycles. The summed E-state index contributed by atoms with van der Waals surface area (Å²) in [6.07, 6.45) is 0.393. The molecule has 0 saturated carbocycles. The molecule has 0 aliphatic carbocycles. The van der Waals surface area contributed by atoms with Crippen molar-refractivity contribution in [1.29, 1.82) is 0 Å². The fourth-order valence-corrected chi connectivity index (χ4v) is 4.24. The molecule has 26 heavy (non-hydrogen) atoms. The average molecular weight is 438 g/mol. The summed E-state index contributed by atoms with van der Waals surface area (Å²) in [4.78, 5) is 25.5. The second-order valence-corrected chi connectivity index (χ2v) is 7.90. The highest BCUT2D eigenvalue weighted by atomic mass is 79.9. The number of rotatable bonds is 6. The third-order valence-electron chi connectivity index (χ3n) is 4.03. The topological polar surface area (TPSA) is 46.6 Å². The molecule has 1 heterocycles. The van der Waals surface area contributed by atoms with Gasteiger partial charge in [0, 0.05) is 11.0 Å². The Kier molecular flexibility index (Phi) is 5.98. The smallest absolute Gasteiger partial charge is 0.289 e. The molecule has 1 fully saturated rings. The molecule has 0 aromatic heterocycles. The van der Waals surface area contributed by atoms with E-state index in [9.17, 15) is 14.0 Å². The maximum absolute atomic E-state index is 13.3. The second kappa shape index (κ2) is 8.22. The van der Waals surface area contributed by atoms with E-state index in [1.165, 1.54) is 17.0 Å². The summed E-state index contributed by atoms with van der Waals surface area (Å²) >= 11 is 4.48. The number of thioether (sulfide) groups is 1. The maximum Gasteiger partial charge on any atom is 0.289 e. The van der Waals surface area contributed by atoms with Gasteiger partial charge < -0.3 is 4.74 Å². The van der Waals surface area contributed by atoms with E-state index in [-0.39, 0.29) is 23.6 Å². The van der Waals surface area contributed by atoms with Gasteiger partial charge in [-0.1, -0.05) is 39.8 Å². The number of carbonyl (C=O) groups excluding carboxylic acids is 2. The highest BCUT2D eigenvalue weighted by molar-refractivity contribution is 9.10. The van der Waals surface area contributed by atoms with Crippen LogP contribution in [-0.2, 0) is 17.8 Å². The zero-order valence-corrected chi connectivity index (χ0v) is 16.5. The lowest BCUT2D eigenvalue weighted by Crippen LogP contribution is -2.31. The number of amides is 2. The van der Waals surface area contributed by atoms with Gasteiger partial charge in [-0.05, 0) is 54.8 Å². The van der Waals surface area contributed by atoms with Crippen molar-refractivity contribution in [3.8, 4) is 5.75 Å². The van der Waals surface area contributed by atoms with Gasteiger partial charge in [0.15, 0.2) is 0 Å². The summed E-state index contributed by atoms with van der Waals surface area (Å²) in [7, 11) is 0. The first-order valence-electron chi connectivity index (χ1n) is 8.15. The van der Waals surface area contributed by atoms with Crippen LogP contribution in [0.25, 0.3) is 0 Å². The first kappa shape index (κ1) is 18.9. The van der Waals surface area contributed by atoms with E-state index in [1.807, 2.05) is 18.2 Å². The molecule has 1 atom stereocenters. The predicted molar refractivity (Wildman–Crippen MR) is 103 cm³/mol. The van der Waals surface area contributed by atoms with Gasteiger partial charge in [0.2, 0.25) is 5.91 Å². The van der Waals surface area contributed by atoms with E-state index >= 15 is 0 Å². The van der Waals surface area contributed by atoms with E-state index in [4.69, 9.17) is 4.74 Å². The zero-order valence-electron chi connectivity index (χ0n) is 14.1. The molecule has 4 nitrogen and oxygen atoms in total. The van der Waals surface area contributed by atoms with Gasteiger partial charge in [0.05, 0.1) is 5.25 Å². The normalized spacial score (nSPS) is 17.0. The van der Waals surface area contributed by atoms with Crippen LogP contribution in [-0.4, -0.2) is 27.8 Å². The highest BCUT2D eigenvalue weighted by Crippen LogP contribution is 2.33. The largest absolute Gasteiger partial charge is 0.489 e. The second-order valence-electron chi connectivity index (χ2n) is 5.83. The molecule has 7 heteroatoms. The number of nitrogens with zero attached hydrogens (tertiary/aromatic N) is 1. The summed E-state index contributed by atoms with van der Waals surface area (Å²) in [6, 6.07) is 11.8. The summed E-state index contributed by atoms with van der Waals surface area (Å²) in [5.74, 6) is 0.139. The van der Waals surface area contributed by atoms with Crippen LogP contribution in [0.3, 0.4) is 0 Å². The Balaban J connectivity index is 1.76. The molecule has 0 bridgehead atoms. The molecule has 3 rings (SSSR count). The monoisotopic (exact) mass is 437 g/mol. The summed E-state index contributed by atoms with van der Waals surface area (Å²) in [5.41, 5.74) is 1.55. The molecule has 1 aliphatic heterocycles. The summed E-state index contributed by atoms with van der Waals surface area (Å²) in [6.45, 7) is 2.38. The Morgan fingerprint density at radius 3 is 2.73 bits per heavy atom. The van der Waals surface area contributed by atoms with Crippen LogP contribution in [0.5, 0.6) is 5.75 Å². The summed E-state index contributed by atoms with van der Waals surface area (Å²) in [5, 5.41) is -0.659. The van der Waals surface area contributed by atoms with Crippen LogP contribution in [0.15, 0.2) is 46.9 Å². The first-order valence-corrected chi connectivity index (χ1v) is 9.83. The van der Waals surface area contributed by atoms with Crippen molar-refractivity contribution in [2.75, 3.05) is 6.54 Å². The minimum absolute atomic E-state index is 0.168. The van der Waals surface area contributed by atoms with Crippen molar-refractivity contribution in [3.05, 3.63) is 63.9 Å². The van der Waals surface area contributed by atoms with Crippen LogP contribution in [0.2, 0.25) is 0 Å². The first-order chi connectivity index (χ1) is 12.5. The average Bonchev–Trinajstić information content (AvgIpc) is 2.87. The van der Waals surface area contributed by atoms with Gasteiger partial charge in [-0.2, -0.15) is 0 Å². The van der Waals surface area contributed by atoms with E-state index in [0.29, 0.717) is 18.7 Å². The number of imide groups is 1. The van der Waals surface area contributed by atoms with Crippen LogP contribution in [0.4, 0.5) is 9.18 Å². The number of hydrogen-bond donors (Lipinski definition) is 0. The molecule has 0 N–H and O–H groups in total. The van der Waals surface area contributed by atoms with Gasteiger partial charge in [-0.25, -0.2) is 4.39 Å². The van der Waals surface area contributed by atoms with Gasteiger partial charge >= 0.3 is 0 Å². The number of halogens is 2. The lowest BCUT2D eigenvalue weighted by atomic mass is 10.1. The lowest BCUT2D eigenvalue weighted by molar-refractivity contribution is -0.126. The van der Waals surface area contributed by atoms with Gasteiger partial charge in [-0.15, -0.1) is 0 Å². The molecule has 2 aromatic rings. The Morgan fingerprint density at radius 2 is 2.04 bits per heavy atom. The van der Waals surface area contributed by atoms with Crippen LogP contribution < -0.4 is 4.74 Å². The summed E-state index contributed by atoms with van der Waals surface area (Å²) < 4.78 is 20.0. The molecular formula is C19H17BrFNO3S. The van der Waals surface area contributed by atoms with E-state index in [2.05, 4.69) is 15.9 Å². The Morgan fingerprint density at radius 1 is 1.23 bits per heavy atom. The van der Waals surface area contributed by atoms with Gasteiger partial charge in [-0.3, -0.25) is 14.5 Å². The third-order valence-corrected chi connectivity index (χ3v) is 5.60. The molecule has 1 saturated heterocycles. The van der Waals surface area contributed by atoms with Gasteiger partial charge in [0.1, 0.15) is 18.2 Å². The molecule has 1 aliphatic rings. The number of benzene rings is 2. The number of ether oxygens (including phenoxy) is 1. The van der Waals surface area contributed by atoms with Crippen molar-refractivity contribution >= 4 is 38.8 Å². The number of hydrogen-bond acceptors (Lipinski definition) is 4. The zero-order chi connectivity index (χ0) is 18.7. The fourth-order valence-electron chi connectivity index (χ4n) is 2.75. The lowest BCUT2D eigenvalue weighted by Gasteiger charge is -2.15. The molecule has 0 unspecified atom stereocenters. The van der Waals surface area contributed by atoms with Crippen LogP contribution >= 0.6 is 27.7 Å². The van der Waals surface area contributed by atoms with Crippen molar-refractivity contribution < 1.29 is 18.7 Å². The molecule has 2 amide bonds. The van der Waals surface area contributed by atoms with Crippen molar-refractivity contribution in [1.82, 2.24) is 4.90 Å². The standard InChI is InChI=1S/C19H17BrFNO3S/c1-2-22-18(23)17(26-19(22)24)10-13-9-14(20)6-7-16(13)25-11-12-4-3-5-15(21)8-12/h3-9,17H,2,10-11H2,1H3/t17-/m1/s1. The van der Waals surface area contributed by atoms with Crippen molar-refractivity contribution in [2.45, 2.75) is 25.2 Å². The highest BCUT2D eigenvalue weighted by Gasteiger charge is 2.38. The quantitative estimate of drug-likeness (QED) is 0.651. The minimum Gasteiger partial charge on any atom is -0.489 e. The third kappa shape index (κ3) is 4.27. The molecular weight excluding hydrogens is 421 g/mol. The van der Waals surface area contributed by atoms with E-state index in [0.717, 1.165) is 27.4 Å². The van der Waals surface area contributed by atoms with E-state index < -0.39 is 5.25 Å². The van der Waals surface area contributed by atoms with Gasteiger partial charge in [0.25, 0.3) is 5.24 Å². The number of carbonyl (C=O) groups is 2. The van der Waals surface area contributed by atoms with E-state index in [1.54, 1.807) is 19.1 Å². The van der Waals surface area contributed by atoms with Crippen LogP contribution in [0.1, 0.15) is 18.1 Å². The van der Waals surface area contributed by atoms with Crippen LogP contribution in [0, 0.1) is 5.82 Å². The SMILES string of the molecule is CCN1C(=O)S[C@H](Cc2cc(Br)ccc2OCc2cccc(F)c2)C1=O. The molecule has 0 spiro atoms. The van der Waals surface area contributed by atoms with Crippen molar-refractivity contribution in [3.63, 3.8) is 0 Å².